The topological polar surface area (TPSA) is 55.0 Å². The Morgan fingerprint density at radius 1 is 1.47 bits per heavy atom. The summed E-state index contributed by atoms with van der Waals surface area (Å²) < 4.78 is 0. The van der Waals surface area contributed by atoms with Crippen LogP contribution in [0.25, 0.3) is 0 Å². The Kier molecular flexibility index (Phi) is 2.96. The van der Waals surface area contributed by atoms with Gasteiger partial charge in [-0.1, -0.05) is 6.92 Å². The molecule has 92 valence electrons. The Morgan fingerprint density at radius 2 is 2.35 bits per heavy atom. The molecule has 5 heteroatoms. The second kappa shape index (κ2) is 4.46. The van der Waals surface area contributed by atoms with Crippen LogP contribution in [0.15, 0.2) is 5.03 Å². The highest BCUT2D eigenvalue weighted by atomic mass is 32.2. The van der Waals surface area contributed by atoms with Gasteiger partial charge in [-0.3, -0.25) is 0 Å². The first-order chi connectivity index (χ1) is 8.28. The first kappa shape index (κ1) is 11.3. The van der Waals surface area contributed by atoms with E-state index in [0.717, 1.165) is 44.1 Å². The predicted octanol–water partition coefficient (Wildman–Crippen LogP) is 1.22. The minimum Gasteiger partial charge on any atom is -0.339 e. The number of fused-ring (bicyclic) bond motifs is 1. The molecule has 1 aromatic heterocycles. The van der Waals surface area contributed by atoms with Crippen LogP contribution in [0.5, 0.6) is 0 Å². The van der Waals surface area contributed by atoms with E-state index in [4.69, 9.17) is 15.7 Å². The average Bonchev–Trinajstić information content (AvgIpc) is 2.95. The lowest BCUT2D eigenvalue weighted by Crippen LogP contribution is -2.28. The van der Waals surface area contributed by atoms with E-state index in [1.54, 1.807) is 0 Å². The van der Waals surface area contributed by atoms with Gasteiger partial charge >= 0.3 is 0 Å². The summed E-state index contributed by atoms with van der Waals surface area (Å²) in [4.78, 5) is 11.7. The molecule has 3 rings (SSSR count). The number of nitrogens with zero attached hydrogens (tertiary/aromatic N) is 3. The normalized spacial score (nSPS) is 23.2. The zero-order valence-electron chi connectivity index (χ0n) is 10.1. The largest absolute Gasteiger partial charge is 0.339 e. The summed E-state index contributed by atoms with van der Waals surface area (Å²) in [5, 5.41) is 1.20. The van der Waals surface area contributed by atoms with Gasteiger partial charge < -0.3 is 10.6 Å². The Balaban J connectivity index is 1.95. The van der Waals surface area contributed by atoms with Crippen LogP contribution in [0.4, 0.5) is 5.95 Å². The van der Waals surface area contributed by atoms with Gasteiger partial charge in [-0.25, -0.2) is 9.97 Å². The minimum absolute atomic E-state index is 0.282. The zero-order valence-corrected chi connectivity index (χ0v) is 11.0. The molecule has 0 spiro atoms. The Hall–Kier alpha value is -0.810. The highest BCUT2D eigenvalue weighted by Gasteiger charge is 2.25. The van der Waals surface area contributed by atoms with E-state index in [0.29, 0.717) is 0 Å². The molecular weight excluding hydrogens is 232 g/mol. The van der Waals surface area contributed by atoms with Crippen molar-refractivity contribution in [2.24, 2.45) is 5.73 Å². The number of thioether (sulfide) groups is 1. The number of anilines is 1. The molecule has 2 aliphatic rings. The molecule has 0 aromatic carbocycles. The molecule has 0 aliphatic carbocycles. The van der Waals surface area contributed by atoms with E-state index >= 15 is 0 Å². The summed E-state index contributed by atoms with van der Waals surface area (Å²) in [6, 6.07) is 0.282. The smallest absolute Gasteiger partial charge is 0.226 e. The van der Waals surface area contributed by atoms with Crippen LogP contribution >= 0.6 is 11.8 Å². The fourth-order valence-electron chi connectivity index (χ4n) is 2.52. The summed E-state index contributed by atoms with van der Waals surface area (Å²) in [6.45, 7) is 4.06. The first-order valence-electron chi connectivity index (χ1n) is 6.31. The van der Waals surface area contributed by atoms with Crippen molar-refractivity contribution < 1.29 is 0 Å². The average molecular weight is 250 g/mol. The third-order valence-corrected chi connectivity index (χ3v) is 4.50. The number of aromatic nitrogens is 2. The van der Waals surface area contributed by atoms with E-state index < -0.39 is 0 Å². The molecule has 1 aromatic rings. The Labute approximate surface area is 106 Å². The highest BCUT2D eigenvalue weighted by molar-refractivity contribution is 7.99. The molecule has 2 aliphatic heterocycles. The molecule has 0 bridgehead atoms. The third kappa shape index (κ3) is 2.02. The lowest BCUT2D eigenvalue weighted by Gasteiger charge is -2.17. The number of nitrogens with two attached hydrogens (primary N) is 1. The summed E-state index contributed by atoms with van der Waals surface area (Å²) in [5.41, 5.74) is 8.55. The summed E-state index contributed by atoms with van der Waals surface area (Å²) in [7, 11) is 0. The molecule has 1 saturated heterocycles. The quantitative estimate of drug-likeness (QED) is 0.800. The molecule has 4 nitrogen and oxygen atoms in total. The van der Waals surface area contributed by atoms with Crippen LogP contribution in [0.3, 0.4) is 0 Å². The van der Waals surface area contributed by atoms with Crippen molar-refractivity contribution in [3.63, 3.8) is 0 Å². The first-order valence-corrected chi connectivity index (χ1v) is 7.29. The number of rotatable bonds is 2. The molecule has 2 N–H and O–H groups in total. The van der Waals surface area contributed by atoms with E-state index in [9.17, 15) is 0 Å². The summed E-state index contributed by atoms with van der Waals surface area (Å²) in [5.74, 6) is 2.04. The van der Waals surface area contributed by atoms with Crippen LogP contribution in [-0.4, -0.2) is 34.9 Å². The van der Waals surface area contributed by atoms with Crippen molar-refractivity contribution in [1.29, 1.82) is 0 Å². The van der Waals surface area contributed by atoms with Crippen molar-refractivity contribution in [2.75, 3.05) is 23.7 Å². The van der Waals surface area contributed by atoms with Crippen molar-refractivity contribution in [1.82, 2.24) is 9.97 Å². The molecule has 1 unspecified atom stereocenters. The van der Waals surface area contributed by atoms with Crippen LogP contribution in [0.2, 0.25) is 0 Å². The molecule has 0 amide bonds. The summed E-state index contributed by atoms with van der Waals surface area (Å²) >= 11 is 1.86. The van der Waals surface area contributed by atoms with Gasteiger partial charge in [0.05, 0.1) is 5.69 Å². The van der Waals surface area contributed by atoms with Gasteiger partial charge in [-0.05, 0) is 19.3 Å². The number of hydrogen-bond acceptors (Lipinski definition) is 5. The third-order valence-electron chi connectivity index (χ3n) is 3.48. The molecule has 17 heavy (non-hydrogen) atoms. The van der Waals surface area contributed by atoms with Gasteiger partial charge in [0.2, 0.25) is 5.95 Å². The van der Waals surface area contributed by atoms with Crippen LogP contribution in [-0.2, 0) is 12.8 Å². The second-order valence-corrected chi connectivity index (χ2v) is 5.78. The van der Waals surface area contributed by atoms with Gasteiger partial charge in [-0.2, -0.15) is 0 Å². The van der Waals surface area contributed by atoms with Crippen molar-refractivity contribution in [3.05, 3.63) is 11.3 Å². The van der Waals surface area contributed by atoms with Gasteiger partial charge in [0.15, 0.2) is 0 Å². The van der Waals surface area contributed by atoms with Gasteiger partial charge in [-0.15, -0.1) is 11.8 Å². The lowest BCUT2D eigenvalue weighted by molar-refractivity contribution is 0.748. The Bertz CT molecular complexity index is 435. The van der Waals surface area contributed by atoms with Crippen LogP contribution in [0, 0.1) is 0 Å². The fraction of sp³-hybridized carbons (Fsp3) is 0.667. The van der Waals surface area contributed by atoms with E-state index in [1.165, 1.54) is 16.3 Å². The zero-order chi connectivity index (χ0) is 11.8. The van der Waals surface area contributed by atoms with Crippen LogP contribution in [0.1, 0.15) is 24.6 Å². The standard InChI is InChI=1S/C12H18N4S/c1-2-10-9-4-6-17-11(9)15-12(14-10)16-5-3-8(13)7-16/h8H,2-7,13H2,1H3. The molecule has 0 radical (unpaired) electrons. The van der Waals surface area contributed by atoms with Crippen molar-refractivity contribution in [2.45, 2.75) is 37.3 Å². The van der Waals surface area contributed by atoms with Crippen molar-refractivity contribution >= 4 is 17.7 Å². The maximum Gasteiger partial charge on any atom is 0.226 e. The van der Waals surface area contributed by atoms with E-state index in [-0.39, 0.29) is 6.04 Å². The lowest BCUT2D eigenvalue weighted by atomic mass is 10.1. The fourth-order valence-corrected chi connectivity index (χ4v) is 3.56. The maximum atomic E-state index is 5.94. The summed E-state index contributed by atoms with van der Waals surface area (Å²) in [6.07, 6.45) is 3.18. The SMILES string of the molecule is CCc1nc(N2CCC(N)C2)nc2c1CCS2. The Morgan fingerprint density at radius 3 is 3.06 bits per heavy atom. The van der Waals surface area contributed by atoms with Crippen LogP contribution < -0.4 is 10.6 Å². The van der Waals surface area contributed by atoms with Gasteiger partial charge in [0.25, 0.3) is 0 Å². The minimum atomic E-state index is 0.282. The predicted molar refractivity (Wildman–Crippen MR) is 70.6 cm³/mol. The monoisotopic (exact) mass is 250 g/mol. The molecule has 3 heterocycles. The maximum absolute atomic E-state index is 5.94. The molecule has 1 atom stereocenters. The highest BCUT2D eigenvalue weighted by Crippen LogP contribution is 2.33. The van der Waals surface area contributed by atoms with Gasteiger partial charge in [0, 0.05) is 30.4 Å². The van der Waals surface area contributed by atoms with Gasteiger partial charge in [0.1, 0.15) is 5.03 Å². The van der Waals surface area contributed by atoms with Crippen molar-refractivity contribution in [3.8, 4) is 0 Å². The molecular formula is C12H18N4S. The molecule has 1 fully saturated rings. The second-order valence-electron chi connectivity index (χ2n) is 4.70. The van der Waals surface area contributed by atoms with E-state index in [2.05, 4.69) is 11.8 Å². The number of hydrogen-bond donors (Lipinski definition) is 1. The number of aryl methyl sites for hydroxylation is 1. The van der Waals surface area contributed by atoms with E-state index in [1.807, 2.05) is 11.8 Å². The molecule has 0 saturated carbocycles.